The first-order valence-corrected chi connectivity index (χ1v) is 12.5. The fourth-order valence-electron chi connectivity index (χ4n) is 4.27. The van der Waals surface area contributed by atoms with E-state index in [2.05, 4.69) is 25.5 Å². The summed E-state index contributed by atoms with van der Waals surface area (Å²) < 4.78 is 5.05. The lowest BCUT2D eigenvalue weighted by atomic mass is 10.1. The van der Waals surface area contributed by atoms with Crippen molar-refractivity contribution in [1.82, 2.24) is 9.97 Å². The van der Waals surface area contributed by atoms with E-state index in [9.17, 15) is 4.79 Å². The van der Waals surface area contributed by atoms with Crippen LogP contribution in [0.4, 0.5) is 11.4 Å². The number of esters is 1. The molecule has 0 fully saturated rings. The zero-order valence-corrected chi connectivity index (χ0v) is 21.1. The van der Waals surface area contributed by atoms with Crippen molar-refractivity contribution >= 4 is 50.8 Å². The number of rotatable bonds is 9. The first kappa shape index (κ1) is 24.5. The second kappa shape index (κ2) is 11.2. The molecule has 0 amide bonds. The molecule has 0 aliphatic rings. The number of aromatic nitrogens is 2. The summed E-state index contributed by atoms with van der Waals surface area (Å²) >= 11 is 6.19. The third kappa shape index (κ3) is 5.62. The van der Waals surface area contributed by atoms with Gasteiger partial charge in [-0.2, -0.15) is 10.2 Å². The van der Waals surface area contributed by atoms with E-state index < -0.39 is 0 Å². The molecule has 8 heteroatoms. The summed E-state index contributed by atoms with van der Waals surface area (Å²) in [7, 11) is 0. The molecule has 3 aromatic carbocycles. The van der Waals surface area contributed by atoms with Crippen LogP contribution in [0.5, 0.6) is 0 Å². The predicted molar refractivity (Wildman–Crippen MR) is 148 cm³/mol. The van der Waals surface area contributed by atoms with Crippen molar-refractivity contribution in [2.45, 2.75) is 19.9 Å². The summed E-state index contributed by atoms with van der Waals surface area (Å²) in [6.07, 6.45) is 2.61. The summed E-state index contributed by atoms with van der Waals surface area (Å²) in [5, 5.41) is 15.0. The Morgan fingerprint density at radius 3 is 2.65 bits per heavy atom. The van der Waals surface area contributed by atoms with E-state index in [-0.39, 0.29) is 5.97 Å². The van der Waals surface area contributed by atoms with E-state index in [1.54, 1.807) is 19.1 Å². The molecule has 2 N–H and O–H groups in total. The normalized spacial score (nSPS) is 11.4. The van der Waals surface area contributed by atoms with Crippen LogP contribution in [0.2, 0.25) is 5.02 Å². The van der Waals surface area contributed by atoms with Gasteiger partial charge < -0.3 is 15.0 Å². The molecule has 0 bridgehead atoms. The molecule has 186 valence electrons. The molecule has 0 saturated heterocycles. The SMILES string of the molecule is CCOC(=O)c1ccc(NCCc2[nH]c3c(cnc4cc(Cl)ccc43)c2CN=Nc2ccccc2)cc1. The number of nitrogens with zero attached hydrogens (tertiary/aromatic N) is 3. The standard InChI is InChI=1S/C29H26ClN5O2/c1-2-37-29(36)19-8-11-21(12-9-19)31-15-14-26-24(18-33-35-22-6-4-3-5-7-22)25-17-32-27-16-20(30)10-13-23(27)28(25)34-26/h3-13,16-17,31,34H,2,14-15,18H2,1H3. The lowest BCUT2D eigenvalue weighted by Crippen LogP contribution is -2.08. The van der Waals surface area contributed by atoms with Gasteiger partial charge in [-0.1, -0.05) is 29.8 Å². The van der Waals surface area contributed by atoms with Crippen molar-refractivity contribution in [3.63, 3.8) is 0 Å². The number of carbonyl (C=O) groups excluding carboxylic acids is 1. The van der Waals surface area contributed by atoms with Crippen LogP contribution in [0.3, 0.4) is 0 Å². The Morgan fingerprint density at radius 1 is 1.05 bits per heavy atom. The Kier molecular flexibility index (Phi) is 7.42. The van der Waals surface area contributed by atoms with Crippen molar-refractivity contribution in [2.24, 2.45) is 10.2 Å². The predicted octanol–water partition coefficient (Wildman–Crippen LogP) is 7.48. The fraction of sp³-hybridized carbons (Fsp3) is 0.172. The summed E-state index contributed by atoms with van der Waals surface area (Å²) in [6, 6.07) is 22.7. The Hall–Kier alpha value is -4.23. The topological polar surface area (TPSA) is 91.7 Å². The molecule has 5 rings (SSSR count). The van der Waals surface area contributed by atoms with Crippen LogP contribution >= 0.6 is 11.6 Å². The molecular formula is C29H26ClN5O2. The highest BCUT2D eigenvalue weighted by molar-refractivity contribution is 6.31. The third-order valence-corrected chi connectivity index (χ3v) is 6.30. The molecule has 0 unspecified atom stereocenters. The van der Waals surface area contributed by atoms with E-state index in [0.29, 0.717) is 30.3 Å². The van der Waals surface area contributed by atoms with Crippen LogP contribution in [-0.2, 0) is 17.7 Å². The van der Waals surface area contributed by atoms with Gasteiger partial charge in [0.15, 0.2) is 0 Å². The first-order valence-electron chi connectivity index (χ1n) is 12.1. The van der Waals surface area contributed by atoms with Crippen LogP contribution in [0.25, 0.3) is 21.8 Å². The Balaban J connectivity index is 1.38. The molecule has 2 heterocycles. The van der Waals surface area contributed by atoms with Gasteiger partial charge in [-0.15, -0.1) is 0 Å². The average molecular weight is 512 g/mol. The minimum Gasteiger partial charge on any atom is -0.462 e. The van der Waals surface area contributed by atoms with Gasteiger partial charge in [0.05, 0.1) is 35.4 Å². The lowest BCUT2D eigenvalue weighted by Gasteiger charge is -2.08. The number of hydrogen-bond acceptors (Lipinski definition) is 6. The van der Waals surface area contributed by atoms with Gasteiger partial charge in [0.25, 0.3) is 0 Å². The maximum Gasteiger partial charge on any atom is 0.338 e. The van der Waals surface area contributed by atoms with Crippen LogP contribution in [0.1, 0.15) is 28.5 Å². The van der Waals surface area contributed by atoms with E-state index in [1.165, 1.54) is 0 Å². The molecule has 2 aromatic heterocycles. The number of anilines is 1. The zero-order chi connectivity index (χ0) is 25.6. The largest absolute Gasteiger partial charge is 0.462 e. The smallest absolute Gasteiger partial charge is 0.338 e. The Bertz CT molecular complexity index is 1560. The molecule has 37 heavy (non-hydrogen) atoms. The Labute approximate surface area is 219 Å². The second-order valence-corrected chi connectivity index (χ2v) is 8.94. The van der Waals surface area contributed by atoms with E-state index in [1.807, 2.05) is 66.9 Å². The number of benzene rings is 3. The van der Waals surface area contributed by atoms with Crippen LogP contribution in [-0.4, -0.2) is 29.1 Å². The van der Waals surface area contributed by atoms with E-state index in [0.717, 1.165) is 50.9 Å². The molecule has 0 aliphatic heterocycles. The van der Waals surface area contributed by atoms with Gasteiger partial charge >= 0.3 is 5.97 Å². The van der Waals surface area contributed by atoms with Crippen molar-refractivity contribution in [3.8, 4) is 0 Å². The third-order valence-electron chi connectivity index (χ3n) is 6.07. The van der Waals surface area contributed by atoms with Gasteiger partial charge in [0.1, 0.15) is 0 Å². The molecule has 0 atom stereocenters. The first-order chi connectivity index (χ1) is 18.1. The second-order valence-electron chi connectivity index (χ2n) is 8.50. The average Bonchev–Trinajstić information content (AvgIpc) is 3.27. The number of aromatic amines is 1. The lowest BCUT2D eigenvalue weighted by molar-refractivity contribution is 0.0526. The van der Waals surface area contributed by atoms with Gasteiger partial charge in [0.2, 0.25) is 0 Å². The maximum absolute atomic E-state index is 11.9. The van der Waals surface area contributed by atoms with Crippen LogP contribution in [0.15, 0.2) is 89.2 Å². The van der Waals surface area contributed by atoms with E-state index >= 15 is 0 Å². The summed E-state index contributed by atoms with van der Waals surface area (Å²) in [5.74, 6) is -0.316. The molecule has 7 nitrogen and oxygen atoms in total. The summed E-state index contributed by atoms with van der Waals surface area (Å²) in [4.78, 5) is 20.1. The van der Waals surface area contributed by atoms with Crippen LogP contribution < -0.4 is 5.32 Å². The number of pyridine rings is 1. The van der Waals surface area contributed by atoms with Gasteiger partial charge in [-0.3, -0.25) is 4.98 Å². The molecular weight excluding hydrogens is 486 g/mol. The van der Waals surface area contributed by atoms with Crippen molar-refractivity contribution < 1.29 is 9.53 Å². The Morgan fingerprint density at radius 2 is 1.86 bits per heavy atom. The number of hydrogen-bond donors (Lipinski definition) is 2. The van der Waals surface area contributed by atoms with Crippen molar-refractivity contribution in [1.29, 1.82) is 0 Å². The quantitative estimate of drug-likeness (QED) is 0.158. The number of halogens is 1. The number of nitrogens with one attached hydrogen (secondary N) is 2. The number of fused-ring (bicyclic) bond motifs is 3. The minimum atomic E-state index is -0.316. The van der Waals surface area contributed by atoms with Gasteiger partial charge in [-0.25, -0.2) is 4.79 Å². The van der Waals surface area contributed by atoms with E-state index in [4.69, 9.17) is 16.3 Å². The number of ether oxygens (including phenoxy) is 1. The number of H-pyrrole nitrogens is 1. The zero-order valence-electron chi connectivity index (χ0n) is 20.4. The van der Waals surface area contributed by atoms with Gasteiger partial charge in [0, 0.05) is 51.9 Å². The molecule has 0 spiro atoms. The highest BCUT2D eigenvalue weighted by Gasteiger charge is 2.15. The molecule has 5 aromatic rings. The fourth-order valence-corrected chi connectivity index (χ4v) is 4.43. The highest BCUT2D eigenvalue weighted by atomic mass is 35.5. The highest BCUT2D eigenvalue weighted by Crippen LogP contribution is 2.30. The minimum absolute atomic E-state index is 0.316. The molecule has 0 saturated carbocycles. The monoisotopic (exact) mass is 511 g/mol. The van der Waals surface area contributed by atoms with Gasteiger partial charge in [-0.05, 0) is 61.5 Å². The summed E-state index contributed by atoms with van der Waals surface area (Å²) in [5.41, 5.74) is 6.27. The van der Waals surface area contributed by atoms with Crippen LogP contribution in [0, 0.1) is 0 Å². The number of azo groups is 1. The molecule has 0 radical (unpaired) electrons. The summed E-state index contributed by atoms with van der Waals surface area (Å²) in [6.45, 7) is 3.27. The molecule has 0 aliphatic carbocycles. The van der Waals surface area contributed by atoms with Crippen molar-refractivity contribution in [3.05, 3.63) is 101 Å². The maximum atomic E-state index is 11.9. The van der Waals surface area contributed by atoms with Crippen molar-refractivity contribution in [2.75, 3.05) is 18.5 Å². The number of carbonyl (C=O) groups is 1.